The molecule has 16 heavy (non-hydrogen) atoms. The summed E-state index contributed by atoms with van der Waals surface area (Å²) in [5.41, 5.74) is 3.12. The first-order valence-corrected chi connectivity index (χ1v) is 5.56. The molecule has 0 spiro atoms. The van der Waals surface area contributed by atoms with Gasteiger partial charge in [0.1, 0.15) is 11.5 Å². The molecular weight excluding hydrogens is 222 g/mol. The van der Waals surface area contributed by atoms with Gasteiger partial charge in [-0.1, -0.05) is 24.6 Å². The number of rotatable bonds is 3. The predicted octanol–water partition coefficient (Wildman–Crippen LogP) is 2.68. The van der Waals surface area contributed by atoms with Crippen LogP contribution in [0.5, 0.6) is 0 Å². The molecule has 0 saturated heterocycles. The maximum absolute atomic E-state index is 5.79. The number of nitrogens with zero attached hydrogens (tertiary/aromatic N) is 3. The number of halogens is 1. The average Bonchev–Trinajstić information content (AvgIpc) is 2.30. The van der Waals surface area contributed by atoms with Gasteiger partial charge in [-0.25, -0.2) is 9.97 Å². The van der Waals surface area contributed by atoms with E-state index >= 15 is 0 Å². The van der Waals surface area contributed by atoms with Crippen molar-refractivity contribution in [2.45, 2.75) is 19.8 Å². The van der Waals surface area contributed by atoms with E-state index in [-0.39, 0.29) is 0 Å². The maximum Gasteiger partial charge on any atom is 0.132 e. The molecule has 0 unspecified atom stereocenters. The summed E-state index contributed by atoms with van der Waals surface area (Å²) in [5, 5.41) is 0.468. The highest BCUT2D eigenvalue weighted by atomic mass is 35.5. The molecule has 2 heterocycles. The van der Waals surface area contributed by atoms with Gasteiger partial charge in [-0.2, -0.15) is 0 Å². The van der Waals surface area contributed by atoms with Gasteiger partial charge in [-0.05, 0) is 24.1 Å². The lowest BCUT2D eigenvalue weighted by molar-refractivity contribution is 0.973. The lowest BCUT2D eigenvalue weighted by Gasteiger charge is -2.01. The van der Waals surface area contributed by atoms with Crippen LogP contribution in [0.15, 0.2) is 30.7 Å². The van der Waals surface area contributed by atoms with E-state index in [0.29, 0.717) is 11.6 Å². The van der Waals surface area contributed by atoms with Gasteiger partial charge in [0.2, 0.25) is 0 Å². The van der Waals surface area contributed by atoms with E-state index in [9.17, 15) is 0 Å². The van der Waals surface area contributed by atoms with E-state index in [0.717, 1.165) is 17.8 Å². The van der Waals surface area contributed by atoms with Crippen molar-refractivity contribution in [3.05, 3.63) is 52.8 Å². The molecule has 2 aromatic heterocycles. The van der Waals surface area contributed by atoms with Crippen LogP contribution < -0.4 is 0 Å². The second kappa shape index (κ2) is 5.03. The molecule has 0 aromatic carbocycles. The highest BCUT2D eigenvalue weighted by Gasteiger charge is 2.00. The van der Waals surface area contributed by atoms with Gasteiger partial charge in [-0.3, -0.25) is 4.98 Å². The summed E-state index contributed by atoms with van der Waals surface area (Å²) in [7, 11) is 0. The molecule has 2 rings (SSSR count). The second-order valence-corrected chi connectivity index (χ2v) is 3.91. The lowest BCUT2D eigenvalue weighted by Crippen LogP contribution is -1.96. The van der Waals surface area contributed by atoms with Crippen molar-refractivity contribution in [3.63, 3.8) is 0 Å². The highest BCUT2D eigenvalue weighted by Crippen LogP contribution is 2.09. The molecule has 0 radical (unpaired) electrons. The summed E-state index contributed by atoms with van der Waals surface area (Å²) in [6.45, 7) is 2.11. The molecule has 0 aliphatic rings. The largest absolute Gasteiger partial charge is 0.261 e. The zero-order chi connectivity index (χ0) is 11.4. The van der Waals surface area contributed by atoms with Crippen molar-refractivity contribution >= 4 is 11.6 Å². The van der Waals surface area contributed by atoms with Crippen LogP contribution in [-0.2, 0) is 12.8 Å². The van der Waals surface area contributed by atoms with Crippen LogP contribution in [-0.4, -0.2) is 15.0 Å². The SMILES string of the molecule is CCc1ccc(Cc2cc(Cl)ncn2)nc1. The van der Waals surface area contributed by atoms with Crippen molar-refractivity contribution in [1.82, 2.24) is 15.0 Å². The van der Waals surface area contributed by atoms with Gasteiger partial charge in [0.15, 0.2) is 0 Å². The molecule has 0 amide bonds. The number of pyridine rings is 1. The second-order valence-electron chi connectivity index (χ2n) is 3.52. The third-order valence-electron chi connectivity index (χ3n) is 2.35. The number of hydrogen-bond acceptors (Lipinski definition) is 3. The normalized spacial score (nSPS) is 10.4. The van der Waals surface area contributed by atoms with E-state index in [1.807, 2.05) is 12.3 Å². The van der Waals surface area contributed by atoms with Gasteiger partial charge in [0.25, 0.3) is 0 Å². The first kappa shape index (κ1) is 11.0. The maximum atomic E-state index is 5.79. The molecular formula is C12H12ClN3. The Morgan fingerprint density at radius 3 is 2.62 bits per heavy atom. The van der Waals surface area contributed by atoms with Crippen molar-refractivity contribution in [1.29, 1.82) is 0 Å². The van der Waals surface area contributed by atoms with Gasteiger partial charge in [-0.15, -0.1) is 0 Å². The number of aryl methyl sites for hydroxylation is 1. The van der Waals surface area contributed by atoms with Crippen LogP contribution in [0.2, 0.25) is 5.15 Å². The Bertz CT molecular complexity index is 468. The highest BCUT2D eigenvalue weighted by molar-refractivity contribution is 6.29. The molecule has 0 saturated carbocycles. The summed E-state index contributed by atoms with van der Waals surface area (Å²) >= 11 is 5.79. The molecule has 0 aliphatic carbocycles. The third-order valence-corrected chi connectivity index (χ3v) is 2.55. The zero-order valence-corrected chi connectivity index (χ0v) is 9.78. The Hall–Kier alpha value is -1.48. The van der Waals surface area contributed by atoms with Gasteiger partial charge >= 0.3 is 0 Å². The lowest BCUT2D eigenvalue weighted by atomic mass is 10.1. The molecule has 82 valence electrons. The van der Waals surface area contributed by atoms with E-state index < -0.39 is 0 Å². The van der Waals surface area contributed by atoms with E-state index in [1.165, 1.54) is 11.9 Å². The minimum Gasteiger partial charge on any atom is -0.261 e. The van der Waals surface area contributed by atoms with Crippen LogP contribution in [0.4, 0.5) is 0 Å². The molecule has 0 fully saturated rings. The van der Waals surface area contributed by atoms with Crippen molar-refractivity contribution in [3.8, 4) is 0 Å². The standard InChI is InChI=1S/C12H12ClN3/c1-2-9-3-4-10(14-7-9)5-11-6-12(13)16-8-15-11/h3-4,6-8H,2,5H2,1H3. The van der Waals surface area contributed by atoms with Gasteiger partial charge in [0, 0.05) is 18.3 Å². The summed E-state index contributed by atoms with van der Waals surface area (Å²) in [5.74, 6) is 0. The van der Waals surface area contributed by atoms with Crippen LogP contribution in [0.1, 0.15) is 23.9 Å². The van der Waals surface area contributed by atoms with E-state index in [1.54, 1.807) is 6.07 Å². The summed E-state index contributed by atoms with van der Waals surface area (Å²) in [6, 6.07) is 5.87. The summed E-state index contributed by atoms with van der Waals surface area (Å²) in [4.78, 5) is 12.4. The molecule has 0 atom stereocenters. The zero-order valence-electron chi connectivity index (χ0n) is 9.02. The topological polar surface area (TPSA) is 38.7 Å². The minimum atomic E-state index is 0.468. The van der Waals surface area contributed by atoms with Gasteiger partial charge in [0.05, 0.1) is 5.69 Å². The Kier molecular flexibility index (Phi) is 3.47. The Morgan fingerprint density at radius 2 is 2.00 bits per heavy atom. The fraction of sp³-hybridized carbons (Fsp3) is 0.250. The van der Waals surface area contributed by atoms with Crippen LogP contribution in [0.25, 0.3) is 0 Å². The Balaban J connectivity index is 2.14. The van der Waals surface area contributed by atoms with Crippen molar-refractivity contribution in [2.24, 2.45) is 0 Å². The van der Waals surface area contributed by atoms with Crippen LogP contribution in [0, 0.1) is 0 Å². The molecule has 2 aromatic rings. The van der Waals surface area contributed by atoms with Gasteiger partial charge < -0.3 is 0 Å². The molecule has 4 heteroatoms. The Labute approximate surface area is 99.5 Å². The monoisotopic (exact) mass is 233 g/mol. The number of aromatic nitrogens is 3. The molecule has 0 N–H and O–H groups in total. The summed E-state index contributed by atoms with van der Waals surface area (Å²) in [6.07, 6.45) is 5.06. The van der Waals surface area contributed by atoms with E-state index in [2.05, 4.69) is 27.9 Å². The fourth-order valence-corrected chi connectivity index (χ4v) is 1.59. The average molecular weight is 234 g/mol. The third kappa shape index (κ3) is 2.76. The first-order valence-electron chi connectivity index (χ1n) is 5.18. The quantitative estimate of drug-likeness (QED) is 0.766. The Morgan fingerprint density at radius 1 is 1.12 bits per heavy atom. The number of hydrogen-bond donors (Lipinski definition) is 0. The van der Waals surface area contributed by atoms with Crippen molar-refractivity contribution in [2.75, 3.05) is 0 Å². The molecule has 3 nitrogen and oxygen atoms in total. The molecule has 0 aliphatic heterocycles. The van der Waals surface area contributed by atoms with Crippen LogP contribution in [0.3, 0.4) is 0 Å². The van der Waals surface area contributed by atoms with Crippen LogP contribution >= 0.6 is 11.6 Å². The first-order chi connectivity index (χ1) is 7.78. The fourth-order valence-electron chi connectivity index (χ4n) is 1.42. The smallest absolute Gasteiger partial charge is 0.132 e. The predicted molar refractivity (Wildman–Crippen MR) is 63.5 cm³/mol. The minimum absolute atomic E-state index is 0.468. The molecule has 0 bridgehead atoms. The summed E-state index contributed by atoms with van der Waals surface area (Å²) < 4.78 is 0. The van der Waals surface area contributed by atoms with E-state index in [4.69, 9.17) is 11.6 Å². The van der Waals surface area contributed by atoms with Crippen molar-refractivity contribution < 1.29 is 0 Å².